The van der Waals surface area contributed by atoms with Crippen molar-refractivity contribution in [1.29, 1.82) is 0 Å². The Morgan fingerprint density at radius 2 is 0.355 bits per heavy atom. The molecule has 0 aromatic heterocycles. The van der Waals surface area contributed by atoms with E-state index in [4.69, 9.17) is 92.2 Å². The van der Waals surface area contributed by atoms with Gasteiger partial charge in [0, 0.05) is 0 Å². The van der Waals surface area contributed by atoms with Crippen molar-refractivity contribution in [1.82, 2.24) is 0 Å². The molecule has 0 aromatic rings. The second-order valence-electron chi connectivity index (χ2n) is 1.79. The van der Waals surface area contributed by atoms with E-state index in [-0.39, 0.29) is 41.7 Å². The van der Waals surface area contributed by atoms with E-state index in [1.165, 1.54) is 0 Å². The topological polar surface area (TPSA) is 453 Å². The molecule has 0 saturated carbocycles. The summed E-state index contributed by atoms with van der Waals surface area (Å²) < 4.78 is 0. The fourth-order valence-electron chi connectivity index (χ4n) is 0. The van der Waals surface area contributed by atoms with Gasteiger partial charge in [0.25, 0.3) is 30.5 Å². The maximum Gasteiger partial charge on any atom is 6.00 e. The summed E-state index contributed by atoms with van der Waals surface area (Å²) in [4.78, 5) is 65.2. The zero-order chi connectivity index (χ0) is 25.7. The Bertz CT molecular complexity index is 348. The summed E-state index contributed by atoms with van der Waals surface area (Å²) in [6.45, 7) is 0. The Morgan fingerprint density at radius 1 is 0.323 bits per heavy atom. The molecule has 0 heterocycles. The average molecular weight is 608 g/mol. The van der Waals surface area contributed by atoms with E-state index in [2.05, 4.69) is 29.9 Å². The molecular formula is CeN6O24. The summed E-state index contributed by atoms with van der Waals surface area (Å²) in [6, 6.07) is 0. The molecule has 0 unspecified atom stereocenters. The fraction of sp³-hybridized carbons (Fsp3) is 0. The second kappa shape index (κ2) is 40.9. The van der Waals surface area contributed by atoms with Crippen LogP contribution in [0, 0.1) is 102 Å². The van der Waals surface area contributed by atoms with Crippen LogP contribution in [-0.4, -0.2) is 30.5 Å². The first-order chi connectivity index (χ1) is 13.6. The first kappa shape index (κ1) is 45.8. The van der Waals surface area contributed by atoms with Gasteiger partial charge >= 0.3 is 41.7 Å². The van der Waals surface area contributed by atoms with Crippen molar-refractivity contribution in [2.75, 3.05) is 0 Å². The van der Waals surface area contributed by atoms with Crippen molar-refractivity contribution >= 4 is 0 Å². The van der Waals surface area contributed by atoms with Crippen molar-refractivity contribution in [2.45, 2.75) is 0 Å². The van der Waals surface area contributed by atoms with Gasteiger partial charge in [-0.2, -0.15) is 0 Å². The summed E-state index contributed by atoms with van der Waals surface area (Å²) in [5, 5.41) is 93.8. The van der Waals surface area contributed by atoms with Crippen molar-refractivity contribution in [3.8, 4) is 0 Å². The molecule has 0 bridgehead atoms. The summed E-state index contributed by atoms with van der Waals surface area (Å²) in [7, 11) is 0. The molecule has 30 nitrogen and oxygen atoms in total. The molecule has 0 aliphatic heterocycles. The van der Waals surface area contributed by atoms with Gasteiger partial charge < -0.3 is 61.5 Å². The van der Waals surface area contributed by atoms with Crippen molar-refractivity contribution in [3.63, 3.8) is 0 Å². The van der Waals surface area contributed by atoms with Gasteiger partial charge in [0.2, 0.25) is 0 Å². The fourth-order valence-corrected chi connectivity index (χ4v) is 0. The third kappa shape index (κ3) is 224. The number of hydrogen-bond donors (Lipinski definition) is 0. The minimum absolute atomic E-state index is 0. The van der Waals surface area contributed by atoms with E-state index < -0.39 is 30.5 Å². The molecule has 0 aliphatic carbocycles. The molecule has 0 fully saturated rings. The van der Waals surface area contributed by atoms with E-state index in [1.54, 1.807) is 0 Å². The maximum absolute atomic E-state index is 8.64. The first-order valence-electron chi connectivity index (χ1n) is 4.29. The van der Waals surface area contributed by atoms with Gasteiger partial charge in [-0.1, -0.05) is 0 Å². The summed E-state index contributed by atoms with van der Waals surface area (Å²) >= 11 is 0. The minimum atomic E-state index is -1.43. The van der Waals surface area contributed by atoms with Gasteiger partial charge in [0.05, 0.1) is 0 Å². The zero-order valence-corrected chi connectivity index (χ0v) is 16.1. The molecule has 0 atom stereocenters. The molecular weight excluding hydrogens is 608 g/mol. The van der Waals surface area contributed by atoms with E-state index in [0.29, 0.717) is 0 Å². The van der Waals surface area contributed by atoms with Crippen LogP contribution in [-0.2, 0) is 29.9 Å². The molecule has 0 aliphatic rings. The Balaban J connectivity index is -0.0000000443. The van der Waals surface area contributed by atoms with Crippen LogP contribution in [0.3, 0.4) is 0 Å². The minimum Gasteiger partial charge on any atom is -0.694 e. The molecule has 0 saturated heterocycles. The third-order valence-corrected chi connectivity index (χ3v) is 0.365. The molecule has 31 heteroatoms. The van der Waals surface area contributed by atoms with E-state index in [1.807, 2.05) is 0 Å². The summed E-state index contributed by atoms with van der Waals surface area (Å²) in [6.07, 6.45) is 0. The van der Waals surface area contributed by atoms with E-state index in [0.717, 1.165) is 0 Å². The van der Waals surface area contributed by atoms with Crippen LogP contribution in [0.1, 0.15) is 0 Å². The van der Waals surface area contributed by atoms with Crippen LogP contribution in [0.15, 0.2) is 0 Å². The monoisotopic (exact) mass is 608 g/mol. The average Bonchev–Trinajstić information content (AvgIpc) is 2.69. The van der Waals surface area contributed by atoms with Crippen LogP contribution >= 0.6 is 0 Å². The van der Waals surface area contributed by atoms with Crippen molar-refractivity contribution in [2.24, 2.45) is 0 Å². The van der Waals surface area contributed by atoms with Crippen LogP contribution in [0.25, 0.3) is 0 Å². The largest absolute Gasteiger partial charge is 6.00 e. The van der Waals surface area contributed by atoms with Gasteiger partial charge in [-0.3, -0.25) is 0 Å². The van der Waals surface area contributed by atoms with Crippen molar-refractivity contribution in [3.05, 3.63) is 60.7 Å². The zero-order valence-electron chi connectivity index (χ0n) is 13.0. The number of nitrogens with zero attached hydrogens (tertiary/aromatic N) is 6. The van der Waals surface area contributed by atoms with Crippen molar-refractivity contribution < 1.29 is 134 Å². The second-order valence-corrected chi connectivity index (χ2v) is 1.79. The summed E-state index contributed by atoms with van der Waals surface area (Å²) in [5.41, 5.74) is 0. The predicted molar refractivity (Wildman–Crippen MR) is 48.5 cm³/mol. The molecule has 0 N–H and O–H groups in total. The van der Waals surface area contributed by atoms with E-state index in [9.17, 15) is 0 Å². The third-order valence-electron chi connectivity index (χ3n) is 0.365. The quantitative estimate of drug-likeness (QED) is 0.153. The smallest absolute Gasteiger partial charge is 0.694 e. The molecule has 0 amide bonds. The van der Waals surface area contributed by atoms with Gasteiger partial charge in [-0.25, -0.2) is 0 Å². The van der Waals surface area contributed by atoms with Gasteiger partial charge in [0.15, 0.2) is 0 Å². The molecule has 0 spiro atoms. The van der Waals surface area contributed by atoms with E-state index >= 15 is 0 Å². The van der Waals surface area contributed by atoms with Crippen LogP contribution in [0.2, 0.25) is 0 Å². The van der Waals surface area contributed by atoms with Gasteiger partial charge in [-0.05, 0) is 0 Å². The predicted octanol–water partition coefficient (Wildman–Crippen LogP) is -9.18. The molecule has 178 valence electrons. The normalized spacial score (nSPS) is 6.39. The first-order valence-corrected chi connectivity index (χ1v) is 4.29. The molecule has 0 rings (SSSR count). The molecule has 0 radical (unpaired) electrons. The Kier molecular flexibility index (Phi) is 60.5. The van der Waals surface area contributed by atoms with Gasteiger partial charge in [0.1, 0.15) is 0 Å². The van der Waals surface area contributed by atoms with Crippen LogP contribution in [0.5, 0.6) is 0 Å². The summed E-state index contributed by atoms with van der Waals surface area (Å²) in [5.74, 6) is 0. The van der Waals surface area contributed by atoms with Crippen LogP contribution in [0.4, 0.5) is 0 Å². The Morgan fingerprint density at radius 3 is 0.355 bits per heavy atom. The molecule has 0 aromatic carbocycles. The Hall–Kier alpha value is -3.66. The Labute approximate surface area is 194 Å². The maximum atomic E-state index is 8.64. The number of hydrogen-bond acceptors (Lipinski definition) is 24. The van der Waals surface area contributed by atoms with Gasteiger partial charge in [-0.15, -0.1) is 60.7 Å². The van der Waals surface area contributed by atoms with Crippen LogP contribution < -0.4 is 31.5 Å². The molecule has 31 heavy (non-hydrogen) atoms. The number of rotatable bonds is 6. The standard InChI is InChI=1S/Ce.6HNO4/c;6*2-1(3)5-4/h;6*4H/q+6;;;;;;/p-6. The SMILES string of the molecule is O=[N+]([O-])O[O-].O=[N+]([O-])O[O-].O=[N+]([O-])O[O-].O=[N+]([O-])O[O-].O=[N+]([O-])O[O-].O=[N+]([O-])O[O-].[Ce+6].